The van der Waals surface area contributed by atoms with Crippen LogP contribution in [0.25, 0.3) is 0 Å². The Labute approximate surface area is 117 Å². The molecule has 2 nitrogen and oxygen atoms in total. The van der Waals surface area contributed by atoms with E-state index in [1.165, 1.54) is 43.6 Å². The van der Waals surface area contributed by atoms with Crippen LogP contribution < -0.4 is 0 Å². The van der Waals surface area contributed by atoms with Gasteiger partial charge in [0.2, 0.25) is 0 Å². The molecule has 3 rings (SSSR count). The number of rotatable bonds is 4. The molecule has 19 heavy (non-hydrogen) atoms. The fraction of sp³-hybridized carbons (Fsp3) is 0.647. The van der Waals surface area contributed by atoms with Crippen LogP contribution in [0.1, 0.15) is 29.9 Å². The Morgan fingerprint density at radius 2 is 1.79 bits per heavy atom. The minimum atomic E-state index is 0.668. The van der Waals surface area contributed by atoms with E-state index in [0.29, 0.717) is 12.0 Å². The molecule has 1 saturated heterocycles. The maximum absolute atomic E-state index is 2.69. The smallest absolute Gasteiger partial charge is 0.0298 e. The molecule has 1 aliphatic heterocycles. The van der Waals surface area contributed by atoms with E-state index >= 15 is 0 Å². The van der Waals surface area contributed by atoms with Crippen molar-refractivity contribution in [3.8, 4) is 0 Å². The maximum Gasteiger partial charge on any atom is 0.0298 e. The summed E-state index contributed by atoms with van der Waals surface area (Å²) in [5.41, 5.74) is 2.88. The molecular formula is C17H26N2. The largest absolute Gasteiger partial charge is 0.305 e. The fourth-order valence-electron chi connectivity index (χ4n) is 3.35. The molecule has 0 amide bonds. The Kier molecular flexibility index (Phi) is 3.64. The third-order valence-electron chi connectivity index (χ3n) is 4.75. The second-order valence-electron chi connectivity index (χ2n) is 6.71. The van der Waals surface area contributed by atoms with E-state index < -0.39 is 0 Å². The average molecular weight is 258 g/mol. The first-order valence-electron chi connectivity index (χ1n) is 7.59. The van der Waals surface area contributed by atoms with Crippen molar-refractivity contribution < 1.29 is 0 Å². The van der Waals surface area contributed by atoms with Gasteiger partial charge >= 0.3 is 0 Å². The highest BCUT2D eigenvalue weighted by Crippen LogP contribution is 2.35. The summed E-state index contributed by atoms with van der Waals surface area (Å²) in [6, 6.07) is 9.84. The number of likely N-dealkylation sites (tertiary alicyclic amines) is 1. The predicted molar refractivity (Wildman–Crippen MR) is 80.6 cm³/mol. The first-order chi connectivity index (χ1) is 9.13. The van der Waals surface area contributed by atoms with Crippen molar-refractivity contribution in [3.05, 3.63) is 35.4 Å². The monoisotopic (exact) mass is 258 g/mol. The van der Waals surface area contributed by atoms with E-state index in [2.05, 4.69) is 55.1 Å². The SMILES string of the molecule is Cc1ccc([C@@H]2CN(CC3CC3)C[C@H]2N(C)C)cc1. The molecule has 0 unspecified atom stereocenters. The predicted octanol–water partition coefficient (Wildman–Crippen LogP) is 2.73. The minimum absolute atomic E-state index is 0.668. The van der Waals surface area contributed by atoms with Gasteiger partial charge in [-0.2, -0.15) is 0 Å². The van der Waals surface area contributed by atoms with Crippen LogP contribution in [-0.2, 0) is 0 Å². The Balaban J connectivity index is 1.74. The van der Waals surface area contributed by atoms with Crippen LogP contribution in [0.4, 0.5) is 0 Å². The standard InChI is InChI=1S/C17H26N2/c1-13-4-8-15(9-5-13)16-11-19(10-14-6-7-14)12-17(16)18(2)3/h4-5,8-9,14,16-17H,6-7,10-12H2,1-3H3/t16-,17+/m0/s1. The number of nitrogens with zero attached hydrogens (tertiary/aromatic N) is 2. The van der Waals surface area contributed by atoms with E-state index in [1.54, 1.807) is 0 Å². The third-order valence-corrected chi connectivity index (χ3v) is 4.75. The molecule has 0 N–H and O–H groups in total. The van der Waals surface area contributed by atoms with Gasteiger partial charge in [0, 0.05) is 31.6 Å². The van der Waals surface area contributed by atoms with Gasteiger partial charge in [-0.3, -0.25) is 0 Å². The molecule has 2 aliphatic rings. The summed E-state index contributed by atoms with van der Waals surface area (Å²) >= 11 is 0. The van der Waals surface area contributed by atoms with Crippen molar-refractivity contribution in [2.24, 2.45) is 5.92 Å². The van der Waals surface area contributed by atoms with E-state index in [9.17, 15) is 0 Å². The second kappa shape index (κ2) is 5.26. The van der Waals surface area contributed by atoms with Crippen LogP contribution in [0.2, 0.25) is 0 Å². The Morgan fingerprint density at radius 1 is 1.11 bits per heavy atom. The van der Waals surface area contributed by atoms with Gasteiger partial charge in [-0.25, -0.2) is 0 Å². The van der Waals surface area contributed by atoms with E-state index in [1.807, 2.05) is 0 Å². The van der Waals surface area contributed by atoms with Gasteiger partial charge in [0.15, 0.2) is 0 Å². The molecule has 1 saturated carbocycles. The number of aryl methyl sites for hydroxylation is 1. The van der Waals surface area contributed by atoms with Crippen molar-refractivity contribution >= 4 is 0 Å². The van der Waals surface area contributed by atoms with Gasteiger partial charge in [-0.05, 0) is 45.3 Å². The molecule has 0 spiro atoms. The molecule has 104 valence electrons. The Hall–Kier alpha value is -0.860. The lowest BCUT2D eigenvalue weighted by molar-refractivity contribution is 0.259. The summed E-state index contributed by atoms with van der Waals surface area (Å²) in [5.74, 6) is 1.67. The second-order valence-corrected chi connectivity index (χ2v) is 6.71. The van der Waals surface area contributed by atoms with Gasteiger partial charge in [-0.1, -0.05) is 29.8 Å². The van der Waals surface area contributed by atoms with Gasteiger partial charge in [0.05, 0.1) is 0 Å². The van der Waals surface area contributed by atoms with E-state index in [-0.39, 0.29) is 0 Å². The molecule has 0 radical (unpaired) electrons. The summed E-state index contributed by atoms with van der Waals surface area (Å²) in [6.07, 6.45) is 2.91. The first kappa shape index (κ1) is 13.1. The fourth-order valence-corrected chi connectivity index (χ4v) is 3.35. The topological polar surface area (TPSA) is 6.48 Å². The lowest BCUT2D eigenvalue weighted by atomic mass is 9.93. The van der Waals surface area contributed by atoms with Crippen molar-refractivity contribution in [2.75, 3.05) is 33.7 Å². The molecule has 2 atom stereocenters. The zero-order valence-electron chi connectivity index (χ0n) is 12.5. The van der Waals surface area contributed by atoms with Crippen molar-refractivity contribution in [3.63, 3.8) is 0 Å². The molecule has 2 heteroatoms. The lowest BCUT2D eigenvalue weighted by Gasteiger charge is -2.25. The van der Waals surface area contributed by atoms with Crippen molar-refractivity contribution in [2.45, 2.75) is 31.7 Å². The zero-order chi connectivity index (χ0) is 13.4. The van der Waals surface area contributed by atoms with Crippen LogP contribution in [0, 0.1) is 12.8 Å². The first-order valence-corrected chi connectivity index (χ1v) is 7.59. The Bertz CT molecular complexity index is 419. The Morgan fingerprint density at radius 3 is 2.37 bits per heavy atom. The number of hydrogen-bond donors (Lipinski definition) is 0. The zero-order valence-corrected chi connectivity index (χ0v) is 12.5. The highest BCUT2D eigenvalue weighted by molar-refractivity contribution is 5.27. The van der Waals surface area contributed by atoms with Crippen LogP contribution in [-0.4, -0.2) is 49.6 Å². The van der Waals surface area contributed by atoms with Crippen molar-refractivity contribution in [1.82, 2.24) is 9.80 Å². The molecule has 0 bridgehead atoms. The molecular weight excluding hydrogens is 232 g/mol. The summed E-state index contributed by atoms with van der Waals surface area (Å²) in [6.45, 7) is 5.97. The quantitative estimate of drug-likeness (QED) is 0.819. The normalized spacial score (nSPS) is 28.2. The average Bonchev–Trinajstić information content (AvgIpc) is 3.07. The van der Waals surface area contributed by atoms with Crippen LogP contribution >= 0.6 is 0 Å². The maximum atomic E-state index is 2.69. The molecule has 1 heterocycles. The highest BCUT2D eigenvalue weighted by Gasteiger charge is 2.37. The number of benzene rings is 1. The number of likely N-dealkylation sites (N-methyl/N-ethyl adjacent to an activating group) is 1. The van der Waals surface area contributed by atoms with Crippen LogP contribution in [0.5, 0.6) is 0 Å². The summed E-state index contributed by atoms with van der Waals surface area (Å²) in [7, 11) is 4.46. The molecule has 1 aromatic rings. The van der Waals surface area contributed by atoms with Crippen molar-refractivity contribution in [1.29, 1.82) is 0 Å². The van der Waals surface area contributed by atoms with Gasteiger partial charge < -0.3 is 9.80 Å². The summed E-state index contributed by atoms with van der Waals surface area (Å²) in [4.78, 5) is 5.10. The summed E-state index contributed by atoms with van der Waals surface area (Å²) < 4.78 is 0. The lowest BCUT2D eigenvalue weighted by Crippen LogP contribution is -2.34. The molecule has 2 fully saturated rings. The number of hydrogen-bond acceptors (Lipinski definition) is 2. The van der Waals surface area contributed by atoms with Crippen LogP contribution in [0.15, 0.2) is 24.3 Å². The van der Waals surface area contributed by atoms with Crippen LogP contribution in [0.3, 0.4) is 0 Å². The molecule has 1 aliphatic carbocycles. The third kappa shape index (κ3) is 3.01. The minimum Gasteiger partial charge on any atom is -0.305 e. The van der Waals surface area contributed by atoms with E-state index in [0.717, 1.165) is 5.92 Å². The van der Waals surface area contributed by atoms with E-state index in [4.69, 9.17) is 0 Å². The summed E-state index contributed by atoms with van der Waals surface area (Å²) in [5, 5.41) is 0. The van der Waals surface area contributed by atoms with Gasteiger partial charge in [-0.15, -0.1) is 0 Å². The molecule has 0 aromatic heterocycles. The molecule has 1 aromatic carbocycles. The van der Waals surface area contributed by atoms with Gasteiger partial charge in [0.1, 0.15) is 0 Å². The highest BCUT2D eigenvalue weighted by atomic mass is 15.2. The van der Waals surface area contributed by atoms with Gasteiger partial charge in [0.25, 0.3) is 0 Å².